The molecule has 3 aromatic rings. The maximum Gasteiger partial charge on any atom is 0.317 e. The van der Waals surface area contributed by atoms with Gasteiger partial charge in [-0.25, -0.2) is 4.39 Å². The zero-order valence-corrected chi connectivity index (χ0v) is 16.3. The Hall–Kier alpha value is -4.28. The summed E-state index contributed by atoms with van der Waals surface area (Å²) in [6.07, 6.45) is 0.785. The van der Waals surface area contributed by atoms with Gasteiger partial charge < -0.3 is 4.90 Å². The number of hydrogen-bond donors (Lipinski definition) is 2. The molecular weight excluding hydrogens is 427 g/mol. The number of carbonyl (C=O) groups excluding carboxylic acids is 3. The molecule has 0 spiro atoms. The van der Waals surface area contributed by atoms with Crippen LogP contribution in [-0.2, 0) is 11.3 Å². The molecule has 8 nitrogen and oxygen atoms in total. The van der Waals surface area contributed by atoms with E-state index in [1.165, 1.54) is 59.8 Å². The van der Waals surface area contributed by atoms with Crippen LogP contribution in [0.5, 0.6) is 0 Å². The van der Waals surface area contributed by atoms with Crippen molar-refractivity contribution < 1.29 is 27.6 Å². The molecule has 164 valence electrons. The van der Waals surface area contributed by atoms with E-state index in [0.29, 0.717) is 16.9 Å². The highest BCUT2D eigenvalue weighted by Crippen LogP contribution is 2.21. The van der Waals surface area contributed by atoms with Crippen LogP contribution in [0.3, 0.4) is 0 Å². The van der Waals surface area contributed by atoms with Gasteiger partial charge in [0.05, 0.1) is 17.8 Å². The smallest absolute Gasteiger partial charge is 0.302 e. The fraction of sp³-hybridized carbons (Fsp3) is 0.0952. The number of carbonyl (C=O) groups is 3. The lowest BCUT2D eigenvalue weighted by molar-refractivity contribution is -0.132. The second-order valence-electron chi connectivity index (χ2n) is 6.39. The van der Waals surface area contributed by atoms with E-state index in [0.717, 1.165) is 6.20 Å². The zero-order chi connectivity index (χ0) is 23.1. The summed E-state index contributed by atoms with van der Waals surface area (Å²) >= 11 is 0. The minimum atomic E-state index is -3.28. The molecule has 0 fully saturated rings. The molecule has 0 saturated carbocycles. The van der Waals surface area contributed by atoms with E-state index in [-0.39, 0.29) is 12.1 Å². The Morgan fingerprint density at radius 1 is 0.969 bits per heavy atom. The van der Waals surface area contributed by atoms with Crippen LogP contribution in [-0.4, -0.2) is 34.1 Å². The fourth-order valence-corrected chi connectivity index (χ4v) is 2.63. The Kier molecular flexibility index (Phi) is 7.11. The predicted octanol–water partition coefficient (Wildman–Crippen LogP) is 2.49. The van der Waals surface area contributed by atoms with Crippen molar-refractivity contribution in [1.82, 2.24) is 20.8 Å². The van der Waals surface area contributed by atoms with Gasteiger partial charge in [0, 0.05) is 29.8 Å². The van der Waals surface area contributed by atoms with Crippen molar-refractivity contribution in [2.75, 3.05) is 4.90 Å². The Morgan fingerprint density at radius 3 is 2.34 bits per heavy atom. The molecule has 2 heterocycles. The molecule has 2 N–H and O–H groups in total. The number of amides is 3. The lowest BCUT2D eigenvalue weighted by atomic mass is 10.2. The molecule has 0 atom stereocenters. The highest BCUT2D eigenvalue weighted by atomic mass is 19.3. The summed E-state index contributed by atoms with van der Waals surface area (Å²) in [4.78, 5) is 45.1. The van der Waals surface area contributed by atoms with E-state index >= 15 is 0 Å². The molecule has 0 unspecified atom stereocenters. The molecule has 32 heavy (non-hydrogen) atoms. The second-order valence-corrected chi connectivity index (χ2v) is 6.39. The third-order valence-corrected chi connectivity index (χ3v) is 4.20. The third-order valence-electron chi connectivity index (χ3n) is 4.20. The minimum Gasteiger partial charge on any atom is -0.302 e. The number of anilines is 1. The van der Waals surface area contributed by atoms with Gasteiger partial charge in [0.25, 0.3) is 11.8 Å². The summed E-state index contributed by atoms with van der Waals surface area (Å²) in [5, 5.41) is 0. The SMILES string of the molecule is O=C(NNC(=O)C(F)F)c1ccc(CN(C(=O)c2ccncc2)c2cccc(F)c2)nc1. The van der Waals surface area contributed by atoms with Crippen LogP contribution in [0.2, 0.25) is 0 Å². The van der Waals surface area contributed by atoms with Crippen LogP contribution in [0, 0.1) is 5.82 Å². The first-order valence-corrected chi connectivity index (χ1v) is 9.16. The summed E-state index contributed by atoms with van der Waals surface area (Å²) in [6.45, 7) is -0.0470. The van der Waals surface area contributed by atoms with Crippen molar-refractivity contribution >= 4 is 23.4 Å². The standard InChI is InChI=1S/C21H16F3N5O3/c22-15-2-1-3-17(10-15)29(21(32)13-6-8-25-9-7-13)12-16-5-4-14(11-26-16)19(30)27-28-20(31)18(23)24/h1-11,18H,12H2,(H,27,30)(H,28,31). The number of nitrogens with one attached hydrogen (secondary N) is 2. The first-order valence-electron chi connectivity index (χ1n) is 9.16. The normalized spacial score (nSPS) is 10.5. The van der Waals surface area contributed by atoms with Crippen LogP contribution in [0.1, 0.15) is 26.4 Å². The molecule has 11 heteroatoms. The van der Waals surface area contributed by atoms with E-state index in [1.54, 1.807) is 11.5 Å². The molecule has 3 amide bonds. The Labute approximate surface area is 180 Å². The van der Waals surface area contributed by atoms with Crippen LogP contribution in [0.15, 0.2) is 67.1 Å². The average molecular weight is 443 g/mol. The van der Waals surface area contributed by atoms with Crippen molar-refractivity contribution in [1.29, 1.82) is 0 Å². The van der Waals surface area contributed by atoms with Crippen LogP contribution >= 0.6 is 0 Å². The third kappa shape index (κ3) is 5.65. The monoisotopic (exact) mass is 443 g/mol. The summed E-state index contributed by atoms with van der Waals surface area (Å²) in [5.74, 6) is -3.45. The molecule has 0 saturated heterocycles. The number of halogens is 3. The zero-order valence-electron chi connectivity index (χ0n) is 16.3. The van der Waals surface area contributed by atoms with Crippen molar-refractivity contribution in [3.63, 3.8) is 0 Å². The van der Waals surface area contributed by atoms with E-state index < -0.39 is 30.0 Å². The molecule has 0 aliphatic carbocycles. The van der Waals surface area contributed by atoms with Crippen LogP contribution < -0.4 is 15.8 Å². The molecule has 0 aliphatic rings. The first kappa shape index (κ1) is 22.4. The molecule has 0 bridgehead atoms. The van der Waals surface area contributed by atoms with E-state index in [4.69, 9.17) is 0 Å². The molecule has 0 radical (unpaired) electrons. The van der Waals surface area contributed by atoms with Gasteiger partial charge in [-0.05, 0) is 42.5 Å². The molecule has 1 aromatic carbocycles. The topological polar surface area (TPSA) is 104 Å². The van der Waals surface area contributed by atoms with E-state index in [1.807, 2.05) is 5.43 Å². The van der Waals surface area contributed by atoms with Crippen LogP contribution in [0.25, 0.3) is 0 Å². The summed E-state index contributed by atoms with van der Waals surface area (Å²) in [5.41, 5.74) is 4.40. The molecule has 0 aliphatic heterocycles. The molecular formula is C21H16F3N5O3. The largest absolute Gasteiger partial charge is 0.317 e. The van der Waals surface area contributed by atoms with Gasteiger partial charge in [-0.15, -0.1) is 0 Å². The van der Waals surface area contributed by atoms with Gasteiger partial charge >= 0.3 is 12.3 Å². The van der Waals surface area contributed by atoms with Crippen LogP contribution in [0.4, 0.5) is 18.9 Å². The lowest BCUT2D eigenvalue weighted by Gasteiger charge is -2.23. The number of benzene rings is 1. The van der Waals surface area contributed by atoms with E-state index in [9.17, 15) is 27.6 Å². The van der Waals surface area contributed by atoms with Gasteiger partial charge in [-0.1, -0.05) is 6.07 Å². The number of alkyl halides is 2. The van der Waals surface area contributed by atoms with Gasteiger partial charge in [0.2, 0.25) is 0 Å². The highest BCUT2D eigenvalue weighted by Gasteiger charge is 2.20. The number of hydrogen-bond acceptors (Lipinski definition) is 5. The number of pyridine rings is 2. The minimum absolute atomic E-state index is 0.0129. The Bertz CT molecular complexity index is 1110. The summed E-state index contributed by atoms with van der Waals surface area (Å²) in [6, 6.07) is 11.3. The predicted molar refractivity (Wildman–Crippen MR) is 107 cm³/mol. The van der Waals surface area contributed by atoms with Gasteiger partial charge in [0.15, 0.2) is 0 Å². The van der Waals surface area contributed by atoms with Gasteiger partial charge in [-0.3, -0.25) is 35.2 Å². The molecule has 2 aromatic heterocycles. The average Bonchev–Trinajstić information content (AvgIpc) is 2.81. The maximum absolute atomic E-state index is 13.8. The van der Waals surface area contributed by atoms with E-state index in [2.05, 4.69) is 9.97 Å². The number of nitrogens with zero attached hydrogens (tertiary/aromatic N) is 3. The fourth-order valence-electron chi connectivity index (χ4n) is 2.63. The maximum atomic E-state index is 13.8. The van der Waals surface area contributed by atoms with Gasteiger partial charge in [-0.2, -0.15) is 8.78 Å². The van der Waals surface area contributed by atoms with Gasteiger partial charge in [0.1, 0.15) is 5.82 Å². The van der Waals surface area contributed by atoms with Crippen molar-refractivity contribution in [2.24, 2.45) is 0 Å². The number of rotatable bonds is 6. The number of hydrazine groups is 1. The second kappa shape index (κ2) is 10.2. The molecule has 3 rings (SSSR count). The Morgan fingerprint density at radius 2 is 1.72 bits per heavy atom. The first-order chi connectivity index (χ1) is 15.3. The summed E-state index contributed by atoms with van der Waals surface area (Å²) in [7, 11) is 0. The lowest BCUT2D eigenvalue weighted by Crippen LogP contribution is -2.44. The summed E-state index contributed by atoms with van der Waals surface area (Å²) < 4.78 is 38.1. The van der Waals surface area contributed by atoms with Crippen molar-refractivity contribution in [3.8, 4) is 0 Å². The Balaban J connectivity index is 1.78. The van der Waals surface area contributed by atoms with Crippen molar-refractivity contribution in [3.05, 3.63) is 89.8 Å². The van der Waals surface area contributed by atoms with Crippen molar-refractivity contribution in [2.45, 2.75) is 13.0 Å². The number of aromatic nitrogens is 2. The quantitative estimate of drug-likeness (QED) is 0.570. The highest BCUT2D eigenvalue weighted by molar-refractivity contribution is 6.05.